The van der Waals surface area contributed by atoms with Crippen LogP contribution in [0, 0.1) is 0 Å². The van der Waals surface area contributed by atoms with Crippen molar-refractivity contribution in [2.24, 2.45) is 0 Å². The molecule has 2 nitrogen and oxygen atoms in total. The third-order valence-electron chi connectivity index (χ3n) is 5.83. The predicted octanol–water partition coefficient (Wildman–Crippen LogP) is 3.56. The largest absolute Gasteiger partial charge is 0.309 e. The maximum absolute atomic E-state index is 3.87. The highest BCUT2D eigenvalue weighted by Crippen LogP contribution is 2.36. The lowest BCUT2D eigenvalue weighted by molar-refractivity contribution is 0.00403. The molecule has 18 heavy (non-hydrogen) atoms. The molecular formula is C16H32N2. The predicted molar refractivity (Wildman–Crippen MR) is 79.0 cm³/mol. The van der Waals surface area contributed by atoms with Gasteiger partial charge in [-0.2, -0.15) is 0 Å². The van der Waals surface area contributed by atoms with Crippen LogP contribution in [0.1, 0.15) is 72.1 Å². The van der Waals surface area contributed by atoms with Gasteiger partial charge in [0.2, 0.25) is 0 Å². The van der Waals surface area contributed by atoms with Crippen LogP contribution in [0.3, 0.4) is 0 Å². The molecule has 0 radical (unpaired) electrons. The Morgan fingerprint density at radius 3 is 2.17 bits per heavy atom. The van der Waals surface area contributed by atoms with Crippen LogP contribution in [-0.2, 0) is 0 Å². The SMILES string of the molecule is CCC(CC)(CC)N1CCNC2(CCCCC2)C1. The molecule has 2 heteroatoms. The Bertz CT molecular complexity index is 238. The fraction of sp³-hybridized carbons (Fsp3) is 1.00. The molecule has 2 rings (SSSR count). The van der Waals surface area contributed by atoms with Gasteiger partial charge in [0.25, 0.3) is 0 Å². The molecule has 0 aromatic rings. The summed E-state index contributed by atoms with van der Waals surface area (Å²) in [6, 6.07) is 0. The van der Waals surface area contributed by atoms with Crippen molar-refractivity contribution in [3.8, 4) is 0 Å². The lowest BCUT2D eigenvalue weighted by Crippen LogP contribution is -2.66. The highest BCUT2D eigenvalue weighted by Gasteiger charge is 2.41. The molecule has 0 amide bonds. The van der Waals surface area contributed by atoms with E-state index in [9.17, 15) is 0 Å². The van der Waals surface area contributed by atoms with Gasteiger partial charge in [-0.3, -0.25) is 4.90 Å². The minimum atomic E-state index is 0.460. The van der Waals surface area contributed by atoms with E-state index >= 15 is 0 Å². The standard InChI is InChI=1S/C16H32N2/c1-4-16(5-2,6-3)18-13-12-17-15(14-18)10-8-7-9-11-15/h17H,4-14H2,1-3H3. The first kappa shape index (κ1) is 14.3. The molecule has 1 spiro atoms. The van der Waals surface area contributed by atoms with Gasteiger partial charge in [0, 0.05) is 30.7 Å². The molecule has 1 aliphatic carbocycles. The van der Waals surface area contributed by atoms with E-state index in [1.807, 2.05) is 0 Å². The topological polar surface area (TPSA) is 15.3 Å². The van der Waals surface area contributed by atoms with Crippen molar-refractivity contribution in [2.75, 3.05) is 19.6 Å². The van der Waals surface area contributed by atoms with Gasteiger partial charge in [-0.15, -0.1) is 0 Å². The summed E-state index contributed by atoms with van der Waals surface area (Å²) in [5, 5.41) is 3.87. The maximum atomic E-state index is 3.87. The summed E-state index contributed by atoms with van der Waals surface area (Å²) >= 11 is 0. The van der Waals surface area contributed by atoms with Crippen molar-refractivity contribution in [1.29, 1.82) is 0 Å². The first-order valence-corrected chi connectivity index (χ1v) is 8.20. The van der Waals surface area contributed by atoms with Crippen molar-refractivity contribution in [2.45, 2.75) is 83.2 Å². The molecule has 0 bridgehead atoms. The Labute approximate surface area is 114 Å². The van der Waals surface area contributed by atoms with Crippen molar-refractivity contribution in [3.63, 3.8) is 0 Å². The molecular weight excluding hydrogens is 220 g/mol. The van der Waals surface area contributed by atoms with Gasteiger partial charge in [0.1, 0.15) is 0 Å². The summed E-state index contributed by atoms with van der Waals surface area (Å²) in [5.74, 6) is 0. The fourth-order valence-electron chi connectivity index (χ4n) is 4.35. The number of piperazine rings is 1. The third-order valence-corrected chi connectivity index (χ3v) is 5.83. The van der Waals surface area contributed by atoms with E-state index in [0.717, 1.165) is 0 Å². The van der Waals surface area contributed by atoms with Crippen molar-refractivity contribution < 1.29 is 0 Å². The van der Waals surface area contributed by atoms with Crippen LogP contribution >= 0.6 is 0 Å². The van der Waals surface area contributed by atoms with E-state index < -0.39 is 0 Å². The average Bonchev–Trinajstić information content (AvgIpc) is 2.42. The van der Waals surface area contributed by atoms with Gasteiger partial charge in [0.05, 0.1) is 0 Å². The normalized spacial score (nSPS) is 25.5. The van der Waals surface area contributed by atoms with E-state index in [1.165, 1.54) is 71.0 Å². The maximum Gasteiger partial charge on any atom is 0.0309 e. The fourth-order valence-corrected chi connectivity index (χ4v) is 4.35. The quantitative estimate of drug-likeness (QED) is 0.823. The minimum Gasteiger partial charge on any atom is -0.309 e. The molecule has 1 saturated heterocycles. The van der Waals surface area contributed by atoms with E-state index in [1.54, 1.807) is 0 Å². The summed E-state index contributed by atoms with van der Waals surface area (Å²) in [4.78, 5) is 2.83. The number of rotatable bonds is 4. The van der Waals surface area contributed by atoms with Crippen molar-refractivity contribution in [1.82, 2.24) is 10.2 Å². The lowest BCUT2D eigenvalue weighted by atomic mass is 9.77. The van der Waals surface area contributed by atoms with Gasteiger partial charge in [-0.25, -0.2) is 0 Å². The van der Waals surface area contributed by atoms with Gasteiger partial charge in [-0.1, -0.05) is 40.0 Å². The van der Waals surface area contributed by atoms with Gasteiger partial charge in [-0.05, 0) is 32.1 Å². The Morgan fingerprint density at radius 1 is 1.00 bits per heavy atom. The van der Waals surface area contributed by atoms with Crippen LogP contribution in [-0.4, -0.2) is 35.6 Å². The molecule has 0 unspecified atom stereocenters. The van der Waals surface area contributed by atoms with E-state index in [-0.39, 0.29) is 0 Å². The molecule has 2 aliphatic rings. The molecule has 1 N–H and O–H groups in total. The van der Waals surface area contributed by atoms with Crippen LogP contribution in [0.5, 0.6) is 0 Å². The summed E-state index contributed by atoms with van der Waals surface area (Å²) in [5.41, 5.74) is 0.924. The summed E-state index contributed by atoms with van der Waals surface area (Å²) in [7, 11) is 0. The lowest BCUT2D eigenvalue weighted by Gasteiger charge is -2.53. The molecule has 106 valence electrons. The van der Waals surface area contributed by atoms with Crippen LogP contribution < -0.4 is 5.32 Å². The van der Waals surface area contributed by atoms with Gasteiger partial charge in [0.15, 0.2) is 0 Å². The zero-order valence-corrected chi connectivity index (χ0v) is 12.7. The summed E-state index contributed by atoms with van der Waals surface area (Å²) < 4.78 is 0. The highest BCUT2D eigenvalue weighted by atomic mass is 15.3. The van der Waals surface area contributed by atoms with E-state index in [4.69, 9.17) is 0 Å². The van der Waals surface area contributed by atoms with Crippen molar-refractivity contribution >= 4 is 0 Å². The summed E-state index contributed by atoms with van der Waals surface area (Å²) in [6.45, 7) is 10.9. The number of hydrogen-bond acceptors (Lipinski definition) is 2. The Kier molecular flexibility index (Phi) is 4.71. The second kappa shape index (κ2) is 5.92. The molecule has 0 aromatic carbocycles. The van der Waals surface area contributed by atoms with Crippen LogP contribution in [0.15, 0.2) is 0 Å². The molecule has 1 saturated carbocycles. The average molecular weight is 252 g/mol. The first-order chi connectivity index (χ1) is 8.70. The smallest absolute Gasteiger partial charge is 0.0309 e. The molecule has 0 aromatic heterocycles. The van der Waals surface area contributed by atoms with Crippen LogP contribution in [0.4, 0.5) is 0 Å². The Morgan fingerprint density at radius 2 is 1.61 bits per heavy atom. The van der Waals surface area contributed by atoms with Crippen molar-refractivity contribution in [3.05, 3.63) is 0 Å². The first-order valence-electron chi connectivity index (χ1n) is 8.20. The van der Waals surface area contributed by atoms with Gasteiger partial charge < -0.3 is 5.32 Å². The zero-order chi connectivity index (χ0) is 13.1. The molecule has 2 fully saturated rings. The monoisotopic (exact) mass is 252 g/mol. The molecule has 1 heterocycles. The second-order valence-electron chi connectivity index (χ2n) is 6.47. The van der Waals surface area contributed by atoms with Gasteiger partial charge >= 0.3 is 0 Å². The number of hydrogen-bond donors (Lipinski definition) is 1. The van der Waals surface area contributed by atoms with Crippen LogP contribution in [0.25, 0.3) is 0 Å². The zero-order valence-electron chi connectivity index (χ0n) is 12.7. The Balaban J connectivity index is 2.09. The second-order valence-corrected chi connectivity index (χ2v) is 6.47. The number of nitrogens with zero attached hydrogens (tertiary/aromatic N) is 1. The molecule has 0 atom stereocenters. The van der Waals surface area contributed by atoms with E-state index in [2.05, 4.69) is 31.0 Å². The summed E-state index contributed by atoms with van der Waals surface area (Å²) in [6.07, 6.45) is 11.0. The minimum absolute atomic E-state index is 0.460. The molecule has 1 aliphatic heterocycles. The number of nitrogens with one attached hydrogen (secondary N) is 1. The highest BCUT2D eigenvalue weighted by molar-refractivity contribution is 5.01. The Hall–Kier alpha value is -0.0800. The third kappa shape index (κ3) is 2.60. The van der Waals surface area contributed by atoms with E-state index in [0.29, 0.717) is 11.1 Å². The van der Waals surface area contributed by atoms with Crippen LogP contribution in [0.2, 0.25) is 0 Å².